The van der Waals surface area contributed by atoms with Crippen molar-refractivity contribution >= 4 is 22.5 Å². The lowest BCUT2D eigenvalue weighted by atomic mass is 10.1. The molecular weight excluding hydrogens is 349 g/mol. The highest BCUT2D eigenvalue weighted by molar-refractivity contribution is 5.98. The molecule has 0 unspecified atom stereocenters. The van der Waals surface area contributed by atoms with Crippen molar-refractivity contribution in [3.63, 3.8) is 0 Å². The van der Waals surface area contributed by atoms with Crippen LogP contribution in [0.1, 0.15) is 29.2 Å². The number of halogens is 1. The quantitative estimate of drug-likeness (QED) is 0.713. The fraction of sp³-hybridized carbons (Fsp3) is 0.474. The van der Waals surface area contributed by atoms with Crippen LogP contribution in [0.3, 0.4) is 0 Å². The van der Waals surface area contributed by atoms with Gasteiger partial charge in [-0.05, 0) is 25.0 Å². The third-order valence-corrected chi connectivity index (χ3v) is 5.17. The Morgan fingerprint density at radius 3 is 2.70 bits per heavy atom. The number of rotatable bonds is 5. The molecule has 0 spiro atoms. The van der Waals surface area contributed by atoms with Crippen molar-refractivity contribution < 1.29 is 9.18 Å². The number of nitrogens with zero attached hydrogens (tertiary/aromatic N) is 2. The SMILES string of the molecule is NCCNC(=O)c1cn(C2CC2)c2cc(N3CCNCC3)c(F)cc2c1=O. The summed E-state index contributed by atoms with van der Waals surface area (Å²) in [6.07, 6.45) is 3.60. The molecule has 7 nitrogen and oxygen atoms in total. The molecule has 1 aromatic carbocycles. The first-order valence-electron chi connectivity index (χ1n) is 9.42. The predicted molar refractivity (Wildman–Crippen MR) is 103 cm³/mol. The zero-order valence-corrected chi connectivity index (χ0v) is 15.1. The van der Waals surface area contributed by atoms with Crippen molar-refractivity contribution in [2.24, 2.45) is 5.73 Å². The molecule has 2 fully saturated rings. The standard InChI is InChI=1S/C19H24FN5O2/c20-15-9-13-16(10-17(15)24-7-5-22-6-8-24)25(12-1-2-12)11-14(18(13)26)19(27)23-4-3-21/h9-12,22H,1-8,21H2,(H,23,27). The monoisotopic (exact) mass is 373 g/mol. The van der Waals surface area contributed by atoms with Gasteiger partial charge in [0.25, 0.3) is 5.91 Å². The summed E-state index contributed by atoms with van der Waals surface area (Å²) >= 11 is 0. The van der Waals surface area contributed by atoms with Gasteiger partial charge in [-0.15, -0.1) is 0 Å². The summed E-state index contributed by atoms with van der Waals surface area (Å²) in [5, 5.41) is 6.13. The maximum atomic E-state index is 14.8. The second kappa shape index (κ2) is 7.28. The third kappa shape index (κ3) is 3.42. The minimum atomic E-state index is -0.465. The zero-order chi connectivity index (χ0) is 19.0. The summed E-state index contributed by atoms with van der Waals surface area (Å²) in [7, 11) is 0. The van der Waals surface area contributed by atoms with Gasteiger partial charge in [-0.25, -0.2) is 4.39 Å². The summed E-state index contributed by atoms with van der Waals surface area (Å²) in [6, 6.07) is 3.29. The molecule has 8 heteroatoms. The molecule has 1 aromatic heterocycles. The third-order valence-electron chi connectivity index (χ3n) is 5.17. The van der Waals surface area contributed by atoms with Gasteiger partial charge in [0.2, 0.25) is 5.43 Å². The van der Waals surface area contributed by atoms with Gasteiger partial charge in [0.15, 0.2) is 0 Å². The summed E-state index contributed by atoms with van der Waals surface area (Å²) in [6.45, 7) is 3.61. The van der Waals surface area contributed by atoms with Crippen molar-refractivity contribution in [2.45, 2.75) is 18.9 Å². The summed E-state index contributed by atoms with van der Waals surface area (Å²) in [5.41, 5.74) is 6.22. The van der Waals surface area contributed by atoms with Gasteiger partial charge in [-0.1, -0.05) is 0 Å². The number of carbonyl (C=O) groups is 1. The van der Waals surface area contributed by atoms with Crippen LogP contribution in [0.25, 0.3) is 10.9 Å². The van der Waals surface area contributed by atoms with Crippen LogP contribution in [0.15, 0.2) is 23.1 Å². The van der Waals surface area contributed by atoms with Crippen molar-refractivity contribution in [1.29, 1.82) is 0 Å². The minimum absolute atomic E-state index is 0.0390. The summed E-state index contributed by atoms with van der Waals surface area (Å²) < 4.78 is 16.8. The van der Waals surface area contributed by atoms with Crippen LogP contribution in [-0.2, 0) is 0 Å². The van der Waals surface area contributed by atoms with E-state index in [4.69, 9.17) is 5.73 Å². The number of hydrogen-bond acceptors (Lipinski definition) is 5. The average Bonchev–Trinajstić information content (AvgIpc) is 3.52. The Bertz CT molecular complexity index is 932. The van der Waals surface area contributed by atoms with E-state index in [1.807, 2.05) is 9.47 Å². The predicted octanol–water partition coefficient (Wildman–Crippen LogP) is 0.574. The number of hydrogen-bond donors (Lipinski definition) is 3. The maximum Gasteiger partial charge on any atom is 0.256 e. The van der Waals surface area contributed by atoms with Crippen LogP contribution < -0.4 is 26.7 Å². The van der Waals surface area contributed by atoms with E-state index in [0.717, 1.165) is 39.0 Å². The summed E-state index contributed by atoms with van der Waals surface area (Å²) in [5.74, 6) is -0.892. The smallest absolute Gasteiger partial charge is 0.256 e. The Morgan fingerprint density at radius 2 is 2.04 bits per heavy atom. The van der Waals surface area contributed by atoms with Gasteiger partial charge >= 0.3 is 0 Å². The number of nitrogens with one attached hydrogen (secondary N) is 2. The van der Waals surface area contributed by atoms with Crippen LogP contribution >= 0.6 is 0 Å². The van der Waals surface area contributed by atoms with E-state index in [0.29, 0.717) is 17.7 Å². The molecule has 2 aromatic rings. The number of pyridine rings is 1. The molecule has 1 aliphatic carbocycles. The van der Waals surface area contributed by atoms with Crippen molar-refractivity contribution in [3.8, 4) is 0 Å². The number of benzene rings is 1. The second-order valence-electron chi connectivity index (χ2n) is 7.11. The normalized spacial score (nSPS) is 17.3. The number of carbonyl (C=O) groups excluding carboxylic acids is 1. The van der Waals surface area contributed by atoms with Crippen LogP contribution in [-0.4, -0.2) is 49.7 Å². The molecule has 144 valence electrons. The van der Waals surface area contributed by atoms with Gasteiger partial charge in [0.05, 0.1) is 11.2 Å². The molecule has 1 saturated heterocycles. The number of nitrogens with two attached hydrogens (primary N) is 1. The highest BCUT2D eigenvalue weighted by Crippen LogP contribution is 2.38. The van der Waals surface area contributed by atoms with E-state index in [1.54, 1.807) is 12.3 Å². The lowest BCUT2D eigenvalue weighted by molar-refractivity contribution is 0.0953. The number of aromatic nitrogens is 1. The molecule has 1 amide bonds. The first-order chi connectivity index (χ1) is 13.1. The molecule has 0 radical (unpaired) electrons. The molecule has 0 atom stereocenters. The molecule has 2 heterocycles. The van der Waals surface area contributed by atoms with Crippen LogP contribution in [0, 0.1) is 5.82 Å². The Morgan fingerprint density at radius 1 is 1.30 bits per heavy atom. The van der Waals surface area contributed by atoms with E-state index in [-0.39, 0.29) is 23.5 Å². The Hall–Kier alpha value is -2.45. The maximum absolute atomic E-state index is 14.8. The molecule has 2 aliphatic rings. The highest BCUT2D eigenvalue weighted by atomic mass is 19.1. The van der Waals surface area contributed by atoms with E-state index in [1.165, 1.54) is 6.07 Å². The average molecular weight is 373 g/mol. The topological polar surface area (TPSA) is 92.4 Å². The fourth-order valence-corrected chi connectivity index (χ4v) is 3.60. The molecule has 0 bridgehead atoms. The van der Waals surface area contributed by atoms with Crippen LogP contribution in [0.5, 0.6) is 0 Å². The fourth-order valence-electron chi connectivity index (χ4n) is 3.60. The van der Waals surface area contributed by atoms with Gasteiger partial charge in [-0.2, -0.15) is 0 Å². The van der Waals surface area contributed by atoms with Crippen LogP contribution in [0.4, 0.5) is 10.1 Å². The number of fused-ring (bicyclic) bond motifs is 1. The Balaban J connectivity index is 1.85. The van der Waals surface area contributed by atoms with Gasteiger partial charge in [-0.3, -0.25) is 9.59 Å². The molecule has 4 N–H and O–H groups in total. The highest BCUT2D eigenvalue weighted by Gasteiger charge is 2.28. The zero-order valence-electron chi connectivity index (χ0n) is 15.1. The van der Waals surface area contributed by atoms with Crippen LogP contribution in [0.2, 0.25) is 0 Å². The minimum Gasteiger partial charge on any atom is -0.367 e. The molecule has 4 rings (SSSR count). The van der Waals surface area contributed by atoms with Gasteiger partial charge < -0.3 is 25.8 Å². The number of amides is 1. The summed E-state index contributed by atoms with van der Waals surface area (Å²) in [4.78, 5) is 27.2. The molecule has 1 aliphatic heterocycles. The Labute approximate surface area is 156 Å². The van der Waals surface area contributed by atoms with E-state index < -0.39 is 17.2 Å². The van der Waals surface area contributed by atoms with E-state index in [2.05, 4.69) is 10.6 Å². The number of piperazine rings is 1. The van der Waals surface area contributed by atoms with E-state index >= 15 is 0 Å². The lowest BCUT2D eigenvalue weighted by Crippen LogP contribution is -2.44. The molecule has 27 heavy (non-hydrogen) atoms. The van der Waals surface area contributed by atoms with E-state index in [9.17, 15) is 14.0 Å². The molecular formula is C19H24FN5O2. The van der Waals surface area contributed by atoms with Crippen molar-refractivity contribution in [3.05, 3.63) is 39.9 Å². The first kappa shape index (κ1) is 17.9. The largest absolute Gasteiger partial charge is 0.367 e. The van der Waals surface area contributed by atoms with Gasteiger partial charge in [0, 0.05) is 56.9 Å². The second-order valence-corrected chi connectivity index (χ2v) is 7.11. The molecule has 1 saturated carbocycles. The van der Waals surface area contributed by atoms with Crippen molar-refractivity contribution in [1.82, 2.24) is 15.2 Å². The van der Waals surface area contributed by atoms with Crippen molar-refractivity contribution in [2.75, 3.05) is 44.2 Å². The number of anilines is 1. The first-order valence-corrected chi connectivity index (χ1v) is 9.42. The lowest BCUT2D eigenvalue weighted by Gasteiger charge is -2.30. The van der Waals surface area contributed by atoms with Gasteiger partial charge in [0.1, 0.15) is 11.4 Å². The Kier molecular flexibility index (Phi) is 4.84.